The summed E-state index contributed by atoms with van der Waals surface area (Å²) in [6.07, 6.45) is 2.33. The summed E-state index contributed by atoms with van der Waals surface area (Å²) >= 11 is 1.59. The summed E-state index contributed by atoms with van der Waals surface area (Å²) in [5.41, 5.74) is 4.56. The molecule has 0 bridgehead atoms. The monoisotopic (exact) mass is 484 g/mol. The van der Waals surface area contributed by atoms with E-state index in [1.807, 2.05) is 37.4 Å². The van der Waals surface area contributed by atoms with Crippen LogP contribution in [0.15, 0.2) is 48.5 Å². The molecule has 2 atom stereocenters. The van der Waals surface area contributed by atoms with Gasteiger partial charge in [-0.15, -0.1) is 0 Å². The Bertz CT molecular complexity index is 967. The second-order valence-corrected chi connectivity index (χ2v) is 9.57. The Morgan fingerprint density at radius 2 is 1.65 bits per heavy atom. The minimum Gasteiger partial charge on any atom is -0.481 e. The fourth-order valence-electron chi connectivity index (χ4n) is 4.16. The summed E-state index contributed by atoms with van der Waals surface area (Å²) in [6.45, 7) is 2.43. The number of alkyl carbamates (subject to hydrolysis) is 1. The lowest BCUT2D eigenvalue weighted by molar-refractivity contribution is -0.137. The average molecular weight is 485 g/mol. The summed E-state index contributed by atoms with van der Waals surface area (Å²) in [5, 5.41) is 14.4. The number of carbonyl (C=O) groups excluding carboxylic acids is 2. The van der Waals surface area contributed by atoms with Crippen LogP contribution in [0.5, 0.6) is 0 Å². The number of benzene rings is 2. The van der Waals surface area contributed by atoms with Crippen molar-refractivity contribution in [3.05, 3.63) is 59.7 Å². The van der Waals surface area contributed by atoms with Gasteiger partial charge in [0.1, 0.15) is 12.6 Å². The molecule has 34 heavy (non-hydrogen) atoms. The number of hydrogen-bond donors (Lipinski definition) is 3. The van der Waals surface area contributed by atoms with E-state index >= 15 is 0 Å². The Morgan fingerprint density at radius 1 is 1.03 bits per heavy atom. The fraction of sp³-hybridized carbons (Fsp3) is 0.423. The number of rotatable bonds is 12. The van der Waals surface area contributed by atoms with Crippen molar-refractivity contribution < 1.29 is 24.2 Å². The Morgan fingerprint density at radius 3 is 2.24 bits per heavy atom. The highest BCUT2D eigenvalue weighted by Gasteiger charge is 2.29. The molecule has 3 rings (SSSR count). The maximum atomic E-state index is 12.7. The smallest absolute Gasteiger partial charge is 0.407 e. The van der Waals surface area contributed by atoms with Crippen molar-refractivity contribution in [3.8, 4) is 11.1 Å². The zero-order valence-corrected chi connectivity index (χ0v) is 20.4. The second-order valence-electron chi connectivity index (χ2n) is 8.59. The molecule has 2 aromatic rings. The molecule has 2 aromatic carbocycles. The minimum absolute atomic E-state index is 0.0238. The number of aliphatic carboxylic acids is 1. The van der Waals surface area contributed by atoms with Crippen molar-refractivity contribution in [3.63, 3.8) is 0 Å². The maximum absolute atomic E-state index is 12.7. The fourth-order valence-corrected chi connectivity index (χ4v) is 4.63. The molecule has 8 heteroatoms. The summed E-state index contributed by atoms with van der Waals surface area (Å²) in [6, 6.07) is 15.5. The van der Waals surface area contributed by atoms with Crippen LogP contribution in [0.25, 0.3) is 11.1 Å². The van der Waals surface area contributed by atoms with Crippen molar-refractivity contribution in [1.82, 2.24) is 10.6 Å². The van der Waals surface area contributed by atoms with E-state index in [0.29, 0.717) is 25.1 Å². The second kappa shape index (κ2) is 12.5. The van der Waals surface area contributed by atoms with E-state index in [9.17, 15) is 14.4 Å². The van der Waals surface area contributed by atoms with Crippen LogP contribution < -0.4 is 10.6 Å². The summed E-state index contributed by atoms with van der Waals surface area (Å²) in [4.78, 5) is 36.1. The van der Waals surface area contributed by atoms with Gasteiger partial charge in [0.2, 0.25) is 5.91 Å². The molecule has 7 nitrogen and oxygen atoms in total. The highest BCUT2D eigenvalue weighted by molar-refractivity contribution is 7.98. The van der Waals surface area contributed by atoms with Gasteiger partial charge in [0.25, 0.3) is 0 Å². The van der Waals surface area contributed by atoms with E-state index in [1.165, 1.54) is 0 Å². The van der Waals surface area contributed by atoms with Gasteiger partial charge in [-0.3, -0.25) is 9.59 Å². The predicted molar refractivity (Wildman–Crippen MR) is 134 cm³/mol. The Hall–Kier alpha value is -3.00. The van der Waals surface area contributed by atoms with Crippen LogP contribution in [0.4, 0.5) is 4.79 Å². The molecule has 1 unspecified atom stereocenters. The van der Waals surface area contributed by atoms with Crippen molar-refractivity contribution in [2.75, 3.05) is 25.2 Å². The third-order valence-corrected chi connectivity index (χ3v) is 6.68. The molecule has 1 aliphatic rings. The summed E-state index contributed by atoms with van der Waals surface area (Å²) in [7, 11) is 0. The molecule has 0 spiro atoms. The quantitative estimate of drug-likeness (QED) is 0.416. The Kier molecular flexibility index (Phi) is 9.39. The SMILES string of the molecule is CSCC[C@@H](NC(=O)OCC1c2ccccc2-c2ccccc21)C(=O)NCC(C)CCC(=O)O. The van der Waals surface area contributed by atoms with Crippen molar-refractivity contribution >= 4 is 29.7 Å². The molecule has 2 amide bonds. The first-order chi connectivity index (χ1) is 16.4. The normalized spacial score (nSPS) is 13.9. The van der Waals surface area contributed by atoms with Gasteiger partial charge in [-0.05, 0) is 53.0 Å². The summed E-state index contributed by atoms with van der Waals surface area (Å²) in [5.74, 6) is -0.462. The van der Waals surface area contributed by atoms with E-state index in [-0.39, 0.29) is 30.8 Å². The van der Waals surface area contributed by atoms with Gasteiger partial charge in [-0.1, -0.05) is 55.5 Å². The van der Waals surface area contributed by atoms with E-state index < -0.39 is 18.1 Å². The van der Waals surface area contributed by atoms with E-state index in [0.717, 1.165) is 22.3 Å². The minimum atomic E-state index is -0.854. The van der Waals surface area contributed by atoms with Gasteiger partial charge in [0.05, 0.1) is 0 Å². The number of ether oxygens (including phenoxy) is 1. The van der Waals surface area contributed by atoms with Crippen molar-refractivity contribution in [2.45, 2.75) is 38.1 Å². The Balaban J connectivity index is 1.56. The molecular weight excluding hydrogens is 452 g/mol. The molecule has 0 radical (unpaired) electrons. The Labute approximate surface area is 204 Å². The van der Waals surface area contributed by atoms with Crippen LogP contribution in [0.3, 0.4) is 0 Å². The zero-order chi connectivity index (χ0) is 24.5. The van der Waals surface area contributed by atoms with Gasteiger partial charge in [0.15, 0.2) is 0 Å². The first-order valence-electron chi connectivity index (χ1n) is 11.5. The average Bonchev–Trinajstić information content (AvgIpc) is 3.16. The molecule has 0 aliphatic heterocycles. The number of carboxylic acids is 1. The number of carbonyl (C=O) groups is 3. The largest absolute Gasteiger partial charge is 0.481 e. The van der Waals surface area contributed by atoms with Crippen LogP contribution in [0, 0.1) is 5.92 Å². The van der Waals surface area contributed by atoms with Gasteiger partial charge in [-0.25, -0.2) is 4.79 Å². The van der Waals surface area contributed by atoms with Crippen LogP contribution >= 0.6 is 11.8 Å². The number of nitrogens with one attached hydrogen (secondary N) is 2. The third kappa shape index (κ3) is 6.76. The topological polar surface area (TPSA) is 105 Å². The first kappa shape index (κ1) is 25.6. The lowest BCUT2D eigenvalue weighted by atomic mass is 9.98. The molecule has 182 valence electrons. The predicted octanol–water partition coefficient (Wildman–Crippen LogP) is 4.26. The van der Waals surface area contributed by atoms with Crippen molar-refractivity contribution in [1.29, 1.82) is 0 Å². The van der Waals surface area contributed by atoms with E-state index in [2.05, 4.69) is 34.9 Å². The molecule has 3 N–H and O–H groups in total. The highest BCUT2D eigenvalue weighted by Crippen LogP contribution is 2.44. The lowest BCUT2D eigenvalue weighted by Gasteiger charge is -2.20. The van der Waals surface area contributed by atoms with Crippen LogP contribution in [0.2, 0.25) is 0 Å². The molecule has 0 aromatic heterocycles. The van der Waals surface area contributed by atoms with Crippen LogP contribution in [0.1, 0.15) is 43.2 Å². The molecule has 0 heterocycles. The van der Waals surface area contributed by atoms with Gasteiger partial charge in [-0.2, -0.15) is 11.8 Å². The van der Waals surface area contributed by atoms with Gasteiger partial charge in [0, 0.05) is 18.9 Å². The molecule has 0 saturated carbocycles. The maximum Gasteiger partial charge on any atom is 0.407 e. The number of amides is 2. The summed E-state index contributed by atoms with van der Waals surface area (Å²) < 4.78 is 5.59. The molecule has 0 saturated heterocycles. The number of hydrogen-bond acceptors (Lipinski definition) is 5. The van der Waals surface area contributed by atoms with Gasteiger partial charge < -0.3 is 20.5 Å². The van der Waals surface area contributed by atoms with E-state index in [1.54, 1.807) is 11.8 Å². The molecular formula is C26H32N2O5S. The molecule has 1 aliphatic carbocycles. The lowest BCUT2D eigenvalue weighted by Crippen LogP contribution is -2.48. The van der Waals surface area contributed by atoms with Crippen LogP contribution in [-0.4, -0.2) is 54.3 Å². The number of thioether (sulfide) groups is 1. The van der Waals surface area contributed by atoms with Gasteiger partial charge >= 0.3 is 12.1 Å². The standard InChI is InChI=1S/C26H32N2O5S/c1-17(11-12-24(29)30)15-27-25(31)23(13-14-34-2)28-26(32)33-16-22-20-9-5-3-7-18(20)19-8-4-6-10-21(19)22/h3-10,17,22-23H,11-16H2,1-2H3,(H,27,31)(H,28,32)(H,29,30)/t17?,23-/m1/s1. The highest BCUT2D eigenvalue weighted by atomic mass is 32.2. The zero-order valence-electron chi connectivity index (χ0n) is 19.6. The van der Waals surface area contributed by atoms with Crippen molar-refractivity contribution in [2.24, 2.45) is 5.92 Å². The number of fused-ring (bicyclic) bond motifs is 3. The molecule has 0 fully saturated rings. The van der Waals surface area contributed by atoms with Crippen LogP contribution in [-0.2, 0) is 14.3 Å². The van der Waals surface area contributed by atoms with E-state index in [4.69, 9.17) is 9.84 Å². The first-order valence-corrected chi connectivity index (χ1v) is 12.9. The third-order valence-electron chi connectivity index (χ3n) is 6.04. The number of carboxylic acid groups (broad SMARTS) is 1.